The van der Waals surface area contributed by atoms with Gasteiger partial charge < -0.3 is 14.6 Å². The number of rotatable bonds is 3. The first-order chi connectivity index (χ1) is 10.1. The van der Waals surface area contributed by atoms with Crippen molar-refractivity contribution in [2.24, 2.45) is 0 Å². The Bertz CT molecular complexity index is 829. The molecule has 0 atom stereocenters. The van der Waals surface area contributed by atoms with Crippen LogP contribution in [-0.2, 0) is 0 Å². The molecule has 0 aliphatic heterocycles. The predicted molar refractivity (Wildman–Crippen MR) is 73.4 cm³/mol. The molecule has 0 unspecified atom stereocenters. The van der Waals surface area contributed by atoms with Crippen LogP contribution in [0.25, 0.3) is 22.2 Å². The number of aromatic nitrogens is 1. The number of carbonyl (C=O) groups is 2. The van der Waals surface area contributed by atoms with E-state index in [4.69, 9.17) is 14.6 Å². The van der Waals surface area contributed by atoms with E-state index in [0.29, 0.717) is 5.56 Å². The van der Waals surface area contributed by atoms with E-state index in [1.807, 2.05) is 30.3 Å². The van der Waals surface area contributed by atoms with Crippen molar-refractivity contribution in [2.45, 2.75) is 0 Å². The van der Waals surface area contributed by atoms with Crippen LogP contribution in [0.1, 0.15) is 21.0 Å². The highest BCUT2D eigenvalue weighted by molar-refractivity contribution is 6.00. The van der Waals surface area contributed by atoms with Gasteiger partial charge in [-0.3, -0.25) is 0 Å². The second kappa shape index (κ2) is 4.75. The molecule has 0 amide bonds. The smallest absolute Gasteiger partial charge is 0.374 e. The first-order valence-corrected chi connectivity index (χ1v) is 6.03. The van der Waals surface area contributed by atoms with Crippen LogP contribution in [-0.4, -0.2) is 27.1 Å². The van der Waals surface area contributed by atoms with Crippen molar-refractivity contribution >= 4 is 22.7 Å². The molecule has 3 rings (SSSR count). The lowest BCUT2D eigenvalue weighted by Crippen LogP contribution is -2.05. The lowest BCUT2D eigenvalue weighted by atomic mass is 10.0. The Kier molecular flexibility index (Phi) is 2.91. The SMILES string of the molecule is O=C(O)c1nc(-c2cccc3ccccc23)oc1C(=O)O. The number of benzene rings is 2. The van der Waals surface area contributed by atoms with E-state index < -0.39 is 23.4 Å². The number of aromatic carboxylic acids is 2. The van der Waals surface area contributed by atoms with Crippen molar-refractivity contribution < 1.29 is 24.2 Å². The summed E-state index contributed by atoms with van der Waals surface area (Å²) < 4.78 is 5.14. The standard InChI is InChI=1S/C15H9NO5/c17-14(18)11-12(15(19)20)21-13(16-11)10-7-3-5-8-4-1-2-6-9(8)10/h1-7H,(H,17,18)(H,19,20). The van der Waals surface area contributed by atoms with E-state index in [2.05, 4.69) is 4.98 Å². The minimum Gasteiger partial charge on any atom is -0.476 e. The highest BCUT2D eigenvalue weighted by atomic mass is 16.4. The normalized spacial score (nSPS) is 10.7. The molecule has 104 valence electrons. The average molecular weight is 283 g/mol. The third-order valence-corrected chi connectivity index (χ3v) is 3.04. The van der Waals surface area contributed by atoms with Crippen LogP contribution >= 0.6 is 0 Å². The largest absolute Gasteiger partial charge is 0.476 e. The molecule has 2 N–H and O–H groups in total. The van der Waals surface area contributed by atoms with Crippen molar-refractivity contribution in [2.75, 3.05) is 0 Å². The van der Waals surface area contributed by atoms with Gasteiger partial charge in [0.2, 0.25) is 17.3 Å². The van der Waals surface area contributed by atoms with E-state index in [9.17, 15) is 9.59 Å². The van der Waals surface area contributed by atoms with E-state index in [-0.39, 0.29) is 5.89 Å². The number of oxazole rings is 1. The molecule has 0 aliphatic carbocycles. The fraction of sp³-hybridized carbons (Fsp3) is 0. The Labute approximate surface area is 118 Å². The second-order valence-corrected chi connectivity index (χ2v) is 4.33. The maximum Gasteiger partial charge on any atom is 0.374 e. The fourth-order valence-electron chi connectivity index (χ4n) is 2.14. The zero-order chi connectivity index (χ0) is 15.0. The fourth-order valence-corrected chi connectivity index (χ4v) is 2.14. The molecule has 0 spiro atoms. The molecule has 6 heteroatoms. The van der Waals surface area contributed by atoms with Gasteiger partial charge in [-0.2, -0.15) is 0 Å². The first kappa shape index (κ1) is 12.9. The quantitative estimate of drug-likeness (QED) is 0.766. The van der Waals surface area contributed by atoms with Gasteiger partial charge >= 0.3 is 11.9 Å². The molecule has 3 aromatic rings. The van der Waals surface area contributed by atoms with Gasteiger partial charge in [-0.15, -0.1) is 0 Å². The maximum atomic E-state index is 11.0. The number of carboxylic acids is 2. The molecule has 0 bridgehead atoms. The average Bonchev–Trinajstić information content (AvgIpc) is 2.92. The lowest BCUT2D eigenvalue weighted by molar-refractivity contribution is 0.0624. The van der Waals surface area contributed by atoms with Gasteiger partial charge in [0.15, 0.2) is 0 Å². The van der Waals surface area contributed by atoms with E-state index in [1.165, 1.54) is 0 Å². The molecule has 1 heterocycles. The molecule has 0 aliphatic rings. The van der Waals surface area contributed by atoms with E-state index in [1.54, 1.807) is 12.1 Å². The maximum absolute atomic E-state index is 11.0. The molecule has 6 nitrogen and oxygen atoms in total. The summed E-state index contributed by atoms with van der Waals surface area (Å²) in [5.74, 6) is -3.61. The minimum absolute atomic E-state index is 0.0263. The zero-order valence-electron chi connectivity index (χ0n) is 10.6. The summed E-state index contributed by atoms with van der Waals surface area (Å²) in [6.45, 7) is 0. The lowest BCUT2D eigenvalue weighted by Gasteiger charge is -2.02. The number of nitrogens with zero attached hydrogens (tertiary/aromatic N) is 1. The minimum atomic E-state index is -1.47. The number of carboxylic acid groups (broad SMARTS) is 2. The van der Waals surface area contributed by atoms with Crippen molar-refractivity contribution in [1.82, 2.24) is 4.98 Å². The van der Waals surface area contributed by atoms with E-state index in [0.717, 1.165) is 10.8 Å². The van der Waals surface area contributed by atoms with Gasteiger partial charge in [-0.1, -0.05) is 36.4 Å². The van der Waals surface area contributed by atoms with Crippen LogP contribution < -0.4 is 0 Å². The van der Waals surface area contributed by atoms with E-state index >= 15 is 0 Å². The summed E-state index contributed by atoms with van der Waals surface area (Å²) in [5, 5.41) is 19.7. The van der Waals surface area contributed by atoms with Crippen molar-refractivity contribution in [3.63, 3.8) is 0 Å². The van der Waals surface area contributed by atoms with Crippen molar-refractivity contribution in [3.8, 4) is 11.5 Å². The Balaban J connectivity index is 2.26. The number of fused-ring (bicyclic) bond motifs is 1. The summed E-state index contributed by atoms with van der Waals surface area (Å²) in [7, 11) is 0. The van der Waals surface area contributed by atoms with Crippen LogP contribution in [0.2, 0.25) is 0 Å². The molecule has 0 radical (unpaired) electrons. The highest BCUT2D eigenvalue weighted by Gasteiger charge is 2.25. The molecular formula is C15H9NO5. The van der Waals surface area contributed by atoms with Crippen molar-refractivity contribution in [3.05, 3.63) is 53.9 Å². The van der Waals surface area contributed by atoms with Crippen LogP contribution in [0, 0.1) is 0 Å². The number of hydrogen-bond acceptors (Lipinski definition) is 4. The molecular weight excluding hydrogens is 274 g/mol. The third-order valence-electron chi connectivity index (χ3n) is 3.04. The summed E-state index contributed by atoms with van der Waals surface area (Å²) in [5.41, 5.74) is -0.0615. The monoisotopic (exact) mass is 283 g/mol. The Morgan fingerprint density at radius 3 is 2.33 bits per heavy atom. The van der Waals surface area contributed by atoms with Gasteiger partial charge in [0.1, 0.15) is 0 Å². The van der Waals surface area contributed by atoms with Gasteiger partial charge in [0.05, 0.1) is 0 Å². The molecule has 0 fully saturated rings. The predicted octanol–water partition coefficient (Wildman–Crippen LogP) is 2.89. The van der Waals surface area contributed by atoms with Gasteiger partial charge in [-0.25, -0.2) is 14.6 Å². The molecule has 0 saturated heterocycles. The summed E-state index contributed by atoms with van der Waals surface area (Å²) in [6, 6.07) is 12.8. The molecule has 2 aromatic carbocycles. The molecule has 0 saturated carbocycles. The molecule has 21 heavy (non-hydrogen) atoms. The Morgan fingerprint density at radius 1 is 0.952 bits per heavy atom. The first-order valence-electron chi connectivity index (χ1n) is 6.03. The topological polar surface area (TPSA) is 101 Å². The van der Waals surface area contributed by atoms with Crippen LogP contribution in [0.3, 0.4) is 0 Å². The van der Waals surface area contributed by atoms with Gasteiger partial charge in [-0.05, 0) is 16.8 Å². The Hall–Kier alpha value is -3.15. The number of hydrogen-bond donors (Lipinski definition) is 2. The van der Waals surface area contributed by atoms with Crippen molar-refractivity contribution in [1.29, 1.82) is 0 Å². The molecule has 1 aromatic heterocycles. The van der Waals surface area contributed by atoms with Gasteiger partial charge in [0.25, 0.3) is 0 Å². The van der Waals surface area contributed by atoms with Gasteiger partial charge in [0, 0.05) is 5.56 Å². The third kappa shape index (κ3) is 2.12. The van der Waals surface area contributed by atoms with Crippen LogP contribution in [0.15, 0.2) is 46.9 Å². The second-order valence-electron chi connectivity index (χ2n) is 4.33. The zero-order valence-corrected chi connectivity index (χ0v) is 10.6. The summed E-state index contributed by atoms with van der Waals surface area (Å²) in [6.07, 6.45) is 0. The van der Waals surface area contributed by atoms with Crippen LogP contribution in [0.5, 0.6) is 0 Å². The highest BCUT2D eigenvalue weighted by Crippen LogP contribution is 2.29. The Morgan fingerprint density at radius 2 is 1.67 bits per heavy atom. The summed E-state index contributed by atoms with van der Waals surface area (Å²) in [4.78, 5) is 25.9. The van der Waals surface area contributed by atoms with Crippen LogP contribution in [0.4, 0.5) is 0 Å². The summed E-state index contributed by atoms with van der Waals surface area (Å²) >= 11 is 0.